The average Bonchev–Trinajstić information content (AvgIpc) is 2.72. The van der Waals surface area contributed by atoms with Gasteiger partial charge in [-0.25, -0.2) is 0 Å². The first-order valence-electron chi connectivity index (χ1n) is 9.50. The molecule has 5 nitrogen and oxygen atoms in total. The number of morpholine rings is 1. The predicted molar refractivity (Wildman–Crippen MR) is 106 cm³/mol. The lowest BCUT2D eigenvalue weighted by atomic mass is 10.1. The van der Waals surface area contributed by atoms with Gasteiger partial charge in [0.25, 0.3) is 0 Å². The van der Waals surface area contributed by atoms with Gasteiger partial charge in [0, 0.05) is 31.0 Å². The number of hydrogen-bond acceptors (Lipinski definition) is 4. The molecule has 0 radical (unpaired) electrons. The van der Waals surface area contributed by atoms with E-state index in [0.29, 0.717) is 5.69 Å². The Labute approximate surface area is 167 Å². The van der Waals surface area contributed by atoms with E-state index in [1.54, 1.807) is 0 Å². The molecule has 156 valence electrons. The fourth-order valence-electron chi connectivity index (χ4n) is 3.06. The minimum atomic E-state index is -4.41. The Morgan fingerprint density at radius 2 is 1.76 bits per heavy atom. The van der Waals surface area contributed by atoms with Gasteiger partial charge in [0.05, 0.1) is 25.3 Å². The van der Waals surface area contributed by atoms with Crippen LogP contribution >= 0.6 is 0 Å². The van der Waals surface area contributed by atoms with E-state index in [1.165, 1.54) is 17.7 Å². The number of carbonyl (C=O) groups excluding carboxylic acids is 1. The molecule has 0 atom stereocenters. The number of ether oxygens (including phenoxy) is 1. The lowest BCUT2D eigenvalue weighted by Crippen LogP contribution is -2.37. The van der Waals surface area contributed by atoms with E-state index in [2.05, 4.69) is 15.5 Å². The Balaban J connectivity index is 1.44. The second-order valence-corrected chi connectivity index (χ2v) is 6.88. The number of alkyl halides is 3. The molecule has 2 aromatic carbocycles. The summed E-state index contributed by atoms with van der Waals surface area (Å²) < 4.78 is 43.5. The Hall–Kier alpha value is -2.58. The van der Waals surface area contributed by atoms with E-state index < -0.39 is 11.7 Å². The van der Waals surface area contributed by atoms with E-state index in [-0.39, 0.29) is 18.1 Å². The van der Waals surface area contributed by atoms with Crippen molar-refractivity contribution in [1.82, 2.24) is 4.90 Å². The van der Waals surface area contributed by atoms with Crippen molar-refractivity contribution in [3.8, 4) is 0 Å². The highest BCUT2D eigenvalue weighted by molar-refractivity contribution is 5.93. The highest BCUT2D eigenvalue weighted by Crippen LogP contribution is 2.30. The first kappa shape index (κ1) is 21.1. The van der Waals surface area contributed by atoms with Crippen LogP contribution < -0.4 is 10.6 Å². The Bertz CT molecular complexity index is 804. The molecule has 1 saturated heterocycles. The number of carbonyl (C=O) groups is 1. The van der Waals surface area contributed by atoms with E-state index >= 15 is 0 Å². The van der Waals surface area contributed by atoms with Gasteiger partial charge in [-0.15, -0.1) is 0 Å². The first-order valence-corrected chi connectivity index (χ1v) is 9.50. The van der Waals surface area contributed by atoms with Crippen LogP contribution in [0.3, 0.4) is 0 Å². The Kier molecular flexibility index (Phi) is 7.11. The summed E-state index contributed by atoms with van der Waals surface area (Å²) in [5.74, 6) is -0.330. The predicted octanol–water partition coefficient (Wildman–Crippen LogP) is 3.63. The largest absolute Gasteiger partial charge is 0.416 e. The normalized spacial score (nSPS) is 15.1. The lowest BCUT2D eigenvalue weighted by Gasteiger charge is -2.26. The first-order chi connectivity index (χ1) is 13.9. The monoisotopic (exact) mass is 407 g/mol. The van der Waals surface area contributed by atoms with Crippen LogP contribution in [0.2, 0.25) is 0 Å². The molecule has 3 rings (SSSR count). The number of rotatable bonds is 7. The van der Waals surface area contributed by atoms with Gasteiger partial charge in [0.2, 0.25) is 5.91 Å². The fourth-order valence-corrected chi connectivity index (χ4v) is 3.06. The van der Waals surface area contributed by atoms with Gasteiger partial charge in [0.15, 0.2) is 0 Å². The zero-order chi connectivity index (χ0) is 20.7. The minimum Gasteiger partial charge on any atom is -0.379 e. The van der Waals surface area contributed by atoms with E-state index in [4.69, 9.17) is 4.74 Å². The highest BCUT2D eigenvalue weighted by Gasteiger charge is 2.30. The lowest BCUT2D eigenvalue weighted by molar-refractivity contribution is -0.137. The van der Waals surface area contributed by atoms with Crippen molar-refractivity contribution >= 4 is 17.3 Å². The van der Waals surface area contributed by atoms with Crippen molar-refractivity contribution in [1.29, 1.82) is 0 Å². The van der Waals surface area contributed by atoms with Gasteiger partial charge in [-0.05, 0) is 42.3 Å². The third-order valence-electron chi connectivity index (χ3n) is 4.70. The van der Waals surface area contributed by atoms with Crippen LogP contribution in [0.1, 0.15) is 11.1 Å². The standard InChI is InChI=1S/C21H24F3N3O2/c22-21(23,24)17-2-1-3-19(14-17)25-15-20(28)26-18-6-4-16(5-7-18)8-9-27-10-12-29-13-11-27/h1-7,14,25H,8-13,15H2,(H,26,28). The van der Waals surface area contributed by atoms with Crippen molar-refractivity contribution in [2.75, 3.05) is 50.0 Å². The molecule has 8 heteroatoms. The molecule has 1 amide bonds. The van der Waals surface area contributed by atoms with Crippen LogP contribution in [-0.2, 0) is 22.1 Å². The van der Waals surface area contributed by atoms with Gasteiger partial charge in [-0.1, -0.05) is 18.2 Å². The highest BCUT2D eigenvalue weighted by atomic mass is 19.4. The van der Waals surface area contributed by atoms with Gasteiger partial charge in [0.1, 0.15) is 0 Å². The third kappa shape index (κ3) is 6.76. The molecule has 0 saturated carbocycles. The van der Waals surface area contributed by atoms with Gasteiger partial charge < -0.3 is 15.4 Å². The molecule has 29 heavy (non-hydrogen) atoms. The fraction of sp³-hybridized carbons (Fsp3) is 0.381. The molecule has 0 bridgehead atoms. The molecular formula is C21H24F3N3O2. The summed E-state index contributed by atoms with van der Waals surface area (Å²) in [4.78, 5) is 14.4. The summed E-state index contributed by atoms with van der Waals surface area (Å²) in [5, 5.41) is 5.46. The molecule has 0 unspecified atom stereocenters. The van der Waals surface area contributed by atoms with Crippen LogP contribution in [0.15, 0.2) is 48.5 Å². The smallest absolute Gasteiger partial charge is 0.379 e. The molecule has 1 fully saturated rings. The summed E-state index contributed by atoms with van der Waals surface area (Å²) in [6.45, 7) is 4.30. The van der Waals surface area contributed by atoms with Crippen LogP contribution in [-0.4, -0.2) is 50.2 Å². The zero-order valence-corrected chi connectivity index (χ0v) is 16.0. The van der Waals surface area contributed by atoms with Crippen LogP contribution in [0, 0.1) is 0 Å². The van der Waals surface area contributed by atoms with Gasteiger partial charge in [-0.2, -0.15) is 13.2 Å². The zero-order valence-electron chi connectivity index (χ0n) is 16.0. The second kappa shape index (κ2) is 9.76. The molecular weight excluding hydrogens is 383 g/mol. The van der Waals surface area contributed by atoms with Crippen LogP contribution in [0.5, 0.6) is 0 Å². The third-order valence-corrected chi connectivity index (χ3v) is 4.70. The summed E-state index contributed by atoms with van der Waals surface area (Å²) in [5.41, 5.74) is 1.32. The number of anilines is 2. The number of benzene rings is 2. The molecule has 1 aliphatic heterocycles. The Morgan fingerprint density at radius 1 is 1.03 bits per heavy atom. The van der Waals surface area contributed by atoms with Crippen molar-refractivity contribution in [3.63, 3.8) is 0 Å². The van der Waals surface area contributed by atoms with E-state index in [1.807, 2.05) is 24.3 Å². The summed E-state index contributed by atoms with van der Waals surface area (Å²) >= 11 is 0. The molecule has 1 aliphatic rings. The minimum absolute atomic E-state index is 0.125. The summed E-state index contributed by atoms with van der Waals surface area (Å²) in [7, 11) is 0. The van der Waals surface area contributed by atoms with Crippen molar-refractivity contribution < 1.29 is 22.7 Å². The Morgan fingerprint density at radius 3 is 2.45 bits per heavy atom. The molecule has 0 aliphatic carbocycles. The maximum absolute atomic E-state index is 12.7. The number of amides is 1. The second-order valence-electron chi connectivity index (χ2n) is 6.88. The maximum atomic E-state index is 12.7. The van der Waals surface area contributed by atoms with Gasteiger partial charge in [-0.3, -0.25) is 9.69 Å². The van der Waals surface area contributed by atoms with Crippen molar-refractivity contribution in [2.24, 2.45) is 0 Å². The van der Waals surface area contributed by atoms with Gasteiger partial charge >= 0.3 is 6.18 Å². The van der Waals surface area contributed by atoms with Crippen molar-refractivity contribution in [2.45, 2.75) is 12.6 Å². The molecule has 0 aromatic heterocycles. The quantitative estimate of drug-likeness (QED) is 0.736. The number of nitrogens with zero attached hydrogens (tertiary/aromatic N) is 1. The van der Waals surface area contributed by atoms with E-state index in [0.717, 1.165) is 51.4 Å². The SMILES string of the molecule is O=C(CNc1cccc(C(F)(F)F)c1)Nc1ccc(CCN2CCOCC2)cc1. The van der Waals surface area contributed by atoms with E-state index in [9.17, 15) is 18.0 Å². The van der Waals surface area contributed by atoms with Crippen molar-refractivity contribution in [3.05, 3.63) is 59.7 Å². The number of halogens is 3. The molecule has 2 N–H and O–H groups in total. The molecule has 0 spiro atoms. The number of nitrogens with one attached hydrogen (secondary N) is 2. The number of hydrogen-bond donors (Lipinski definition) is 2. The molecule has 2 aromatic rings. The van der Waals surface area contributed by atoms with Crippen LogP contribution in [0.4, 0.5) is 24.5 Å². The average molecular weight is 407 g/mol. The topological polar surface area (TPSA) is 53.6 Å². The molecule has 1 heterocycles. The summed E-state index contributed by atoms with van der Waals surface area (Å²) in [6, 6.07) is 12.4. The maximum Gasteiger partial charge on any atom is 0.416 e. The summed E-state index contributed by atoms with van der Waals surface area (Å²) in [6.07, 6.45) is -3.49. The van der Waals surface area contributed by atoms with Crippen LogP contribution in [0.25, 0.3) is 0 Å².